The second kappa shape index (κ2) is 20.7. The van der Waals surface area contributed by atoms with Gasteiger partial charge >= 0.3 is 26.1 Å². The molecule has 1 aliphatic rings. The first-order valence-corrected chi connectivity index (χ1v) is 25.3. The molecule has 15 nitrogen and oxygen atoms in total. The Morgan fingerprint density at radius 3 is 2.21 bits per heavy atom. The number of anilines is 1. The number of nitrogens with zero attached hydrogens (tertiary/aromatic N) is 6. The van der Waals surface area contributed by atoms with Crippen LogP contribution in [0.5, 0.6) is 5.75 Å². The first-order chi connectivity index (χ1) is 34.7. The lowest BCUT2D eigenvalue weighted by atomic mass is 9.77. The summed E-state index contributed by atoms with van der Waals surface area (Å²) in [6.07, 6.45) is -12.4. The van der Waals surface area contributed by atoms with Crippen molar-refractivity contribution in [2.45, 2.75) is 103 Å². The molecule has 7 rings (SSSR count). The highest BCUT2D eigenvalue weighted by atomic mass is 35.5. The van der Waals surface area contributed by atoms with Crippen molar-refractivity contribution in [3.05, 3.63) is 122 Å². The summed E-state index contributed by atoms with van der Waals surface area (Å²) in [4.78, 5) is 64.7. The van der Waals surface area contributed by atoms with Crippen LogP contribution in [-0.4, -0.2) is 69.7 Å². The number of carboxylic acid groups (broad SMARTS) is 1. The molecule has 28 heteroatoms. The lowest BCUT2D eigenvalue weighted by Crippen LogP contribution is -2.35. The summed E-state index contributed by atoms with van der Waals surface area (Å²) in [5.74, 6) is -10.3. The monoisotopic (exact) mass is 1120 g/mol. The number of aliphatic carboxylic acids is 1. The lowest BCUT2D eigenvalue weighted by Gasteiger charge is -2.31. The lowest BCUT2D eigenvalue weighted by molar-refractivity contribution is -0.143. The second-order valence-corrected chi connectivity index (χ2v) is 20.6. The maximum absolute atomic E-state index is 15.1. The molecular formula is C47H43ClF10N7O8PS. The fraction of sp³-hybridized carbons (Fsp3) is 0.362. The molecule has 4 N–H and O–H groups in total. The molecule has 0 fully saturated rings. The van der Waals surface area contributed by atoms with Crippen molar-refractivity contribution in [1.29, 1.82) is 0 Å². The number of phosphoric acid groups is 1. The Kier molecular flexibility index (Phi) is 15.6. The number of halogens is 11. The number of carboxylic acids is 1. The molecule has 0 bridgehead atoms. The van der Waals surface area contributed by atoms with E-state index in [4.69, 9.17) is 16.1 Å². The number of aromatic nitrogens is 5. The molecule has 1 aliphatic carbocycles. The highest BCUT2D eigenvalue weighted by Gasteiger charge is 2.50. The number of benzene rings is 3. The number of carbonyl (C=O) groups is 3. The Labute approximate surface area is 428 Å². The van der Waals surface area contributed by atoms with Crippen molar-refractivity contribution in [3.63, 3.8) is 0 Å². The number of amides is 2. The Morgan fingerprint density at radius 1 is 0.960 bits per heavy atom. The predicted molar refractivity (Wildman–Crippen MR) is 253 cm³/mol. The van der Waals surface area contributed by atoms with E-state index in [-0.39, 0.29) is 59.8 Å². The van der Waals surface area contributed by atoms with Crippen LogP contribution in [0.25, 0.3) is 22.0 Å². The molecule has 1 unspecified atom stereocenters. The second-order valence-electron chi connectivity index (χ2n) is 18.3. The molecule has 1 atom stereocenters. The molecule has 3 heterocycles. The third-order valence-corrected chi connectivity index (χ3v) is 13.4. The van der Waals surface area contributed by atoms with Gasteiger partial charge in [0.2, 0.25) is 11.8 Å². The van der Waals surface area contributed by atoms with Gasteiger partial charge in [-0.2, -0.15) is 45.3 Å². The van der Waals surface area contributed by atoms with Gasteiger partial charge in [-0.05, 0) is 85.7 Å². The summed E-state index contributed by atoms with van der Waals surface area (Å²) in [6.45, 7) is 2.80. The van der Waals surface area contributed by atoms with Gasteiger partial charge in [0.05, 0.1) is 34.1 Å². The van der Waals surface area contributed by atoms with E-state index in [0.29, 0.717) is 28.3 Å². The highest BCUT2D eigenvalue weighted by molar-refractivity contribution is 8.00. The van der Waals surface area contributed by atoms with Gasteiger partial charge in [0, 0.05) is 58.5 Å². The Morgan fingerprint density at radius 2 is 1.61 bits per heavy atom. The van der Waals surface area contributed by atoms with Crippen LogP contribution in [0.15, 0.2) is 54.6 Å². The van der Waals surface area contributed by atoms with E-state index < -0.39 is 141 Å². The summed E-state index contributed by atoms with van der Waals surface area (Å²) in [5, 5.41) is 19.3. The largest absolute Gasteiger partial charge is 0.524 e. The zero-order chi connectivity index (χ0) is 55.5. The maximum Gasteiger partial charge on any atom is 0.524 e. The first kappa shape index (κ1) is 56.5. The number of hydrogen-bond acceptors (Lipinski definition) is 9. The van der Waals surface area contributed by atoms with Crippen molar-refractivity contribution in [2.24, 2.45) is 0 Å². The Hall–Kier alpha value is -6.21. The third kappa shape index (κ3) is 12.6. The zero-order valence-electron chi connectivity index (χ0n) is 39.8. The van der Waals surface area contributed by atoms with Gasteiger partial charge in [0.25, 0.3) is 5.92 Å². The van der Waals surface area contributed by atoms with Crippen LogP contribution in [0.3, 0.4) is 0 Å². The molecule has 402 valence electrons. The fourth-order valence-electron chi connectivity index (χ4n) is 9.36. The maximum atomic E-state index is 15.1. The molecule has 3 aromatic heterocycles. The number of aryl methyl sites for hydroxylation is 2. The van der Waals surface area contributed by atoms with Crippen LogP contribution in [0, 0.1) is 25.5 Å². The van der Waals surface area contributed by atoms with Crippen molar-refractivity contribution in [3.8, 4) is 16.9 Å². The van der Waals surface area contributed by atoms with Crippen molar-refractivity contribution in [1.82, 2.24) is 29.9 Å². The van der Waals surface area contributed by atoms with Gasteiger partial charge in [-0.3, -0.25) is 38.5 Å². The molecule has 0 radical (unpaired) electrons. The number of nitrogens with one attached hydrogen (secondary N) is 1. The normalized spacial score (nSPS) is 14.3. The van der Waals surface area contributed by atoms with E-state index in [1.165, 1.54) is 70.3 Å². The number of hydrogen-bond donors (Lipinski definition) is 4. The molecule has 0 spiro atoms. The van der Waals surface area contributed by atoms with E-state index in [1.54, 1.807) is 0 Å². The summed E-state index contributed by atoms with van der Waals surface area (Å²) in [6, 6.07) is 8.63. The predicted octanol–water partition coefficient (Wildman–Crippen LogP) is 10.6. The highest BCUT2D eigenvalue weighted by Crippen LogP contribution is 2.49. The number of alkyl halides is 8. The number of fused-ring (bicyclic) bond motifs is 2. The topological polar surface area (TPSA) is 202 Å². The molecular weight excluding hydrogens is 1080 g/mol. The van der Waals surface area contributed by atoms with Crippen LogP contribution in [0.4, 0.5) is 49.7 Å². The van der Waals surface area contributed by atoms with E-state index in [1.807, 2.05) is 0 Å². The van der Waals surface area contributed by atoms with Gasteiger partial charge in [0.1, 0.15) is 36.2 Å². The summed E-state index contributed by atoms with van der Waals surface area (Å²) in [5.41, 5.74) is -5.60. The average Bonchev–Trinajstić information content (AvgIpc) is 3.90. The number of phosphoric ester groups is 1. The third-order valence-electron chi connectivity index (χ3n) is 11.9. The van der Waals surface area contributed by atoms with Crippen molar-refractivity contribution in [2.75, 3.05) is 10.6 Å². The van der Waals surface area contributed by atoms with Gasteiger partial charge in [-0.25, -0.2) is 17.7 Å². The molecule has 2 amide bonds. The summed E-state index contributed by atoms with van der Waals surface area (Å²) >= 11 is 7.47. The van der Waals surface area contributed by atoms with Gasteiger partial charge in [-0.15, -0.1) is 0 Å². The van der Waals surface area contributed by atoms with E-state index in [9.17, 15) is 69.0 Å². The molecule has 75 heavy (non-hydrogen) atoms. The molecule has 0 saturated carbocycles. The van der Waals surface area contributed by atoms with Crippen LogP contribution >= 0.6 is 31.4 Å². The van der Waals surface area contributed by atoms with E-state index in [2.05, 4.69) is 20.5 Å². The van der Waals surface area contributed by atoms with Gasteiger partial charge < -0.3 is 14.9 Å². The Balaban J connectivity index is 1.37. The summed E-state index contributed by atoms with van der Waals surface area (Å²) in [7, 11) is -5.29. The minimum atomic E-state index is -5.29. The first-order valence-electron chi connectivity index (χ1n) is 22.2. The van der Waals surface area contributed by atoms with Crippen LogP contribution in [0.2, 0.25) is 5.02 Å². The molecule has 0 aliphatic heterocycles. The van der Waals surface area contributed by atoms with Gasteiger partial charge in [-0.1, -0.05) is 43.6 Å². The molecule has 0 saturated heterocycles. The SMILES string of the molecule is CSN(C(=O)CC(C)(C)c1c(CC(=O)O)cc(C)cc1OP(=O)(O)O)c1nn(CC(F)(F)F)c2c(-c3ccc(C)nc3C(Cc3cc(F)cc(F)c3)NC(=O)Cn3nc(C(F)(F)F)c4c3C(F)(F)CC4)ccc(Cl)c12. The van der Waals surface area contributed by atoms with Gasteiger partial charge in [0.15, 0.2) is 11.5 Å². The average molecular weight is 1120 g/mol. The Bertz CT molecular complexity index is 3290. The number of carbonyl (C=O) groups excluding carboxylic acids is 2. The number of rotatable bonds is 17. The minimum Gasteiger partial charge on any atom is -0.481 e. The van der Waals surface area contributed by atoms with E-state index in [0.717, 1.165) is 16.4 Å². The van der Waals surface area contributed by atoms with E-state index >= 15 is 8.78 Å². The molecule has 3 aromatic carbocycles. The number of pyridine rings is 1. The van der Waals surface area contributed by atoms with Crippen molar-refractivity contribution < 1.29 is 82.3 Å². The summed E-state index contributed by atoms with van der Waals surface area (Å²) < 4.78 is 164. The van der Waals surface area contributed by atoms with Crippen molar-refractivity contribution >= 4 is 65.9 Å². The molecule has 6 aromatic rings. The van der Waals surface area contributed by atoms with Crippen LogP contribution < -0.4 is 14.1 Å². The van der Waals surface area contributed by atoms with Crippen LogP contribution in [-0.2, 0) is 68.8 Å². The zero-order valence-corrected chi connectivity index (χ0v) is 42.3. The minimum absolute atomic E-state index is 0.0219. The standard InChI is InChI=1S/C47H43ClF10N7O8PS/c1-22-12-25(17-36(68)69)38(33(13-22)73-74(70,71)72)44(3,4)19-35(67)65(75-5)43-37-31(48)9-8-29(40(37)64(62-43)21-46(53,54)55)28-7-6-23(2)59-39(28)32(16-24-14-26(49)18-27(50)15-24)60-34(66)20-63-42-30(10-11-45(42,51)52)41(61-63)47(56,57)58/h6-9,12-15,18,32H,10-11,16-17,19-21H2,1-5H3,(H,60,66)(H,68,69)(H2,70,71,72). The quantitative estimate of drug-likeness (QED) is 0.0383. The fourth-order valence-corrected chi connectivity index (χ4v) is 10.6. The van der Waals surface area contributed by atoms with Crippen LogP contribution in [0.1, 0.15) is 83.3 Å². The smallest absolute Gasteiger partial charge is 0.481 e.